The van der Waals surface area contributed by atoms with Crippen molar-refractivity contribution in [3.05, 3.63) is 21.0 Å². The fraction of sp³-hybridized carbons (Fsp3) is 0.571. The Kier molecular flexibility index (Phi) is 2.97. The number of carboxylic acids is 1. The fourth-order valence-corrected chi connectivity index (χ4v) is 1.72. The van der Waals surface area contributed by atoms with Crippen molar-refractivity contribution in [3.8, 4) is 0 Å². The lowest BCUT2D eigenvalue weighted by Crippen LogP contribution is -3.00. The van der Waals surface area contributed by atoms with Crippen LogP contribution in [0.2, 0.25) is 0 Å². The van der Waals surface area contributed by atoms with Crippen LogP contribution in [0.25, 0.3) is 0 Å². The molecule has 0 amide bonds. The zero-order valence-corrected chi connectivity index (χ0v) is 8.86. The highest BCUT2D eigenvalue weighted by molar-refractivity contribution is 5.78. The van der Waals surface area contributed by atoms with Crippen molar-refractivity contribution in [1.29, 1.82) is 0 Å². The summed E-state index contributed by atoms with van der Waals surface area (Å²) in [6.07, 6.45) is 0.367. The Bertz CT molecular complexity index is 509. The van der Waals surface area contributed by atoms with Crippen LogP contribution in [-0.4, -0.2) is 26.3 Å². The quantitative estimate of drug-likeness (QED) is 0.482. The van der Waals surface area contributed by atoms with Crippen molar-refractivity contribution >= 4 is 5.97 Å². The summed E-state index contributed by atoms with van der Waals surface area (Å²) in [5, 5.41) is 8.78. The lowest BCUT2D eigenvalue weighted by Gasteiger charge is -2.36. The molecule has 1 aromatic heterocycles. The van der Waals surface area contributed by atoms with E-state index in [2.05, 4.69) is 10.3 Å². The van der Waals surface area contributed by atoms with E-state index in [1.807, 2.05) is 4.98 Å². The van der Waals surface area contributed by atoms with E-state index in [0.717, 1.165) is 4.74 Å². The second kappa shape index (κ2) is 3.80. The van der Waals surface area contributed by atoms with Crippen LogP contribution < -0.4 is 29.6 Å². The molecule has 5 N–H and O–H groups in total. The Hall–Kier alpha value is -1.54. The largest absolute Gasteiger partial charge is 1.00 e. The predicted octanol–water partition coefficient (Wildman–Crippen LogP) is -5.47. The normalized spacial score (nSPS) is 27.9. The third-order valence-corrected chi connectivity index (χ3v) is 2.63. The maximum Gasteiger partial charge on any atom is 0.440 e. The fourth-order valence-electron chi connectivity index (χ4n) is 1.72. The van der Waals surface area contributed by atoms with Crippen LogP contribution in [0.4, 0.5) is 0 Å². The van der Waals surface area contributed by atoms with Crippen LogP contribution in [0.5, 0.6) is 0 Å². The van der Waals surface area contributed by atoms with Crippen molar-refractivity contribution < 1.29 is 32.6 Å². The molecule has 1 fully saturated rings. The van der Waals surface area contributed by atoms with Crippen molar-refractivity contribution in [2.75, 3.05) is 0 Å². The molecule has 1 aliphatic carbocycles. The molecule has 0 saturated heterocycles. The number of aromatic amines is 1. The average molecular weight is 252 g/mol. The highest BCUT2D eigenvalue weighted by Gasteiger charge is 2.53. The van der Waals surface area contributed by atoms with Crippen molar-refractivity contribution in [1.82, 2.24) is 9.72 Å². The highest BCUT2D eigenvalue weighted by Crippen LogP contribution is 2.37. The third-order valence-electron chi connectivity index (χ3n) is 2.63. The smallest absolute Gasteiger partial charge is 0.440 e. The van der Waals surface area contributed by atoms with Gasteiger partial charge < -0.3 is 27.8 Å². The minimum absolute atomic E-state index is 0. The first kappa shape index (κ1) is 12.5. The topological polar surface area (TPSA) is 133 Å². The first-order chi connectivity index (χ1) is 6.92. The zero-order valence-electron chi connectivity index (χ0n) is 8.10. The molecule has 0 aliphatic heterocycles. The Morgan fingerprint density at radius 1 is 1.56 bits per heavy atom. The van der Waals surface area contributed by atoms with E-state index in [4.69, 9.17) is 5.11 Å². The third kappa shape index (κ3) is 1.76. The van der Waals surface area contributed by atoms with Crippen LogP contribution in [0.3, 0.4) is 0 Å². The summed E-state index contributed by atoms with van der Waals surface area (Å²) in [7, 11) is 0. The second-order valence-electron chi connectivity index (χ2n) is 3.78. The van der Waals surface area contributed by atoms with Crippen LogP contribution in [0, 0.1) is 0 Å². The Labute approximate surface area is 94.4 Å². The molecule has 0 bridgehead atoms. The lowest BCUT2D eigenvalue weighted by molar-refractivity contribution is -0.488. The Balaban J connectivity index is 0.00000128. The molecule has 8 nitrogen and oxygen atoms in total. The van der Waals surface area contributed by atoms with Gasteiger partial charge in [0, 0.05) is 12.8 Å². The molecule has 90 valence electrons. The number of hydrogen-bond acceptors (Lipinski definition) is 4. The van der Waals surface area contributed by atoms with Crippen molar-refractivity contribution in [2.45, 2.75) is 24.4 Å². The van der Waals surface area contributed by atoms with Gasteiger partial charge in [-0.15, -0.1) is 4.74 Å². The number of rotatable bonds is 2. The van der Waals surface area contributed by atoms with Gasteiger partial charge in [0.15, 0.2) is 5.54 Å². The molecule has 1 heterocycles. The molecule has 0 spiro atoms. The number of halogens is 1. The lowest BCUT2D eigenvalue weighted by atomic mass is 9.73. The molecule has 0 unspecified atom stereocenters. The second-order valence-corrected chi connectivity index (χ2v) is 3.78. The minimum Gasteiger partial charge on any atom is -1.00 e. The molecular weight excluding hydrogens is 242 g/mol. The molecule has 9 heteroatoms. The number of nitrogens with zero attached hydrogens (tertiary/aromatic N) is 1. The van der Waals surface area contributed by atoms with Gasteiger partial charge in [-0.2, -0.15) is 0 Å². The van der Waals surface area contributed by atoms with E-state index in [-0.39, 0.29) is 25.2 Å². The van der Waals surface area contributed by atoms with Gasteiger partial charge in [-0.3, -0.25) is 0 Å². The summed E-state index contributed by atoms with van der Waals surface area (Å²) in [6.45, 7) is 0. The molecule has 16 heavy (non-hydrogen) atoms. The number of carbonyl (C=O) groups is 1. The molecule has 0 atom stereocenters. The van der Waals surface area contributed by atoms with Gasteiger partial charge in [0.2, 0.25) is 0 Å². The van der Waals surface area contributed by atoms with Gasteiger partial charge in [0.05, 0.1) is 6.04 Å². The van der Waals surface area contributed by atoms with E-state index in [1.54, 1.807) is 0 Å². The molecule has 1 saturated carbocycles. The SMILES string of the molecule is [Cl-].[NH3+]C1(C(=O)O)CC(n2oc(=O)[nH]c2=O)C1. The molecule has 1 aromatic rings. The number of carboxylic acid groups (broad SMARTS) is 1. The number of nitrogens with one attached hydrogen (secondary N) is 1. The minimum atomic E-state index is -1.07. The van der Waals surface area contributed by atoms with Gasteiger partial charge in [-0.05, 0) is 0 Å². The van der Waals surface area contributed by atoms with Crippen molar-refractivity contribution in [2.24, 2.45) is 0 Å². The van der Waals surface area contributed by atoms with Crippen LogP contribution >= 0.6 is 0 Å². The number of quaternary nitrogens is 1. The van der Waals surface area contributed by atoms with Crippen LogP contribution in [0.1, 0.15) is 18.9 Å². The maximum atomic E-state index is 11.1. The number of aliphatic carboxylic acids is 1. The van der Waals surface area contributed by atoms with Gasteiger partial charge in [-0.25, -0.2) is 19.4 Å². The number of aromatic nitrogens is 2. The molecule has 1 aliphatic rings. The van der Waals surface area contributed by atoms with Crippen molar-refractivity contribution in [3.63, 3.8) is 0 Å². The van der Waals surface area contributed by atoms with E-state index in [0.29, 0.717) is 0 Å². The zero-order chi connectivity index (χ0) is 11.2. The monoisotopic (exact) mass is 251 g/mol. The molecular formula is C7H10ClN3O5. The molecule has 0 aromatic carbocycles. The Morgan fingerprint density at radius 3 is 2.50 bits per heavy atom. The maximum absolute atomic E-state index is 11.1. The summed E-state index contributed by atoms with van der Waals surface area (Å²) in [5.41, 5.74) is 1.82. The summed E-state index contributed by atoms with van der Waals surface area (Å²) < 4.78 is 5.43. The highest BCUT2D eigenvalue weighted by atomic mass is 35.5. The predicted molar refractivity (Wildman–Crippen MR) is 45.1 cm³/mol. The first-order valence-electron chi connectivity index (χ1n) is 4.33. The Morgan fingerprint density at radius 2 is 2.12 bits per heavy atom. The van der Waals surface area contributed by atoms with Crippen LogP contribution in [-0.2, 0) is 4.79 Å². The average Bonchev–Trinajstić information content (AvgIpc) is 2.39. The van der Waals surface area contributed by atoms with Crippen LogP contribution in [0.15, 0.2) is 14.1 Å². The summed E-state index contributed by atoms with van der Waals surface area (Å²) >= 11 is 0. The summed E-state index contributed by atoms with van der Waals surface area (Å²) in [5.74, 6) is -1.85. The molecule has 0 radical (unpaired) electrons. The summed E-state index contributed by atoms with van der Waals surface area (Å²) in [6, 6.07) is -0.398. The van der Waals surface area contributed by atoms with Gasteiger partial charge in [0.25, 0.3) is 0 Å². The molecule has 2 rings (SSSR count). The summed E-state index contributed by atoms with van der Waals surface area (Å²) in [4.78, 5) is 34.4. The number of H-pyrrole nitrogens is 1. The van der Waals surface area contributed by atoms with E-state index in [1.165, 1.54) is 0 Å². The van der Waals surface area contributed by atoms with E-state index in [9.17, 15) is 14.4 Å². The van der Waals surface area contributed by atoms with Gasteiger partial charge >= 0.3 is 17.4 Å². The van der Waals surface area contributed by atoms with E-state index >= 15 is 0 Å². The van der Waals surface area contributed by atoms with Gasteiger partial charge in [-0.1, -0.05) is 0 Å². The first-order valence-corrected chi connectivity index (χ1v) is 4.33. The number of hydrogen-bond donors (Lipinski definition) is 3. The standard InChI is InChI=1S/C7H9N3O5.ClH/c8-7(4(11)12)1-3(2-7)10-5(13)9-6(14)15-10;/h3H,1-2,8H2,(H,11,12)(H,9,13,14);1H. The van der Waals surface area contributed by atoms with Gasteiger partial charge in [0.1, 0.15) is 0 Å². The van der Waals surface area contributed by atoms with E-state index < -0.39 is 29.0 Å².